The van der Waals surface area contributed by atoms with E-state index in [9.17, 15) is 8.76 Å². The van der Waals surface area contributed by atoms with Crippen molar-refractivity contribution < 1.29 is 22.3 Å². The molecule has 0 bridgehead atoms. The van der Waals surface area contributed by atoms with Crippen molar-refractivity contribution in [3.63, 3.8) is 0 Å². The predicted octanol–water partition coefficient (Wildman–Crippen LogP) is 2.10. The molecular weight excluding hydrogens is 358 g/mol. The second kappa shape index (κ2) is 9.40. The van der Waals surface area contributed by atoms with Crippen LogP contribution < -0.4 is 0 Å². The van der Waals surface area contributed by atoms with Crippen LogP contribution in [0.25, 0.3) is 0 Å². The molecule has 0 saturated carbocycles. The van der Waals surface area contributed by atoms with Crippen molar-refractivity contribution in [1.29, 1.82) is 0 Å². The molecule has 0 aliphatic rings. The molecule has 1 rings (SSSR count). The average molecular weight is 370 g/mol. The van der Waals surface area contributed by atoms with Gasteiger partial charge in [0.1, 0.15) is 0 Å². The molecule has 3 nitrogen and oxygen atoms in total. The number of benzene rings is 1. The zero-order valence-electron chi connectivity index (χ0n) is 8.75. The zero-order valence-corrected chi connectivity index (χ0v) is 12.8. The normalized spacial score (nSPS) is 12.5. The molecule has 1 aromatic rings. The first-order chi connectivity index (χ1) is 7.43. The Morgan fingerprint density at radius 1 is 1.31 bits per heavy atom. The summed E-state index contributed by atoms with van der Waals surface area (Å²) in [5, 5.41) is 0. The fourth-order valence-electron chi connectivity index (χ4n) is 0.610. The average Bonchev–Trinajstić information content (AvgIpc) is 2.19. The number of nitrogens with zero attached hydrogens (tertiary/aromatic N) is 1. The first kappa shape index (κ1) is 16.4. The van der Waals surface area contributed by atoms with Crippen molar-refractivity contribution in [2.24, 2.45) is 0 Å². The third-order valence-electron chi connectivity index (χ3n) is 1.29. The van der Waals surface area contributed by atoms with E-state index in [0.717, 1.165) is 9.87 Å². The molecule has 0 fully saturated rings. The zero-order chi connectivity index (χ0) is 12.6. The van der Waals surface area contributed by atoms with Gasteiger partial charge in [-0.25, -0.2) is 4.31 Å². The maximum atomic E-state index is 9.62. The Balaban J connectivity index is 0.000000325. The first-order valence-electron chi connectivity index (χ1n) is 4.08. The minimum atomic E-state index is -2.03. The second-order valence-corrected chi connectivity index (χ2v) is 9.64. The van der Waals surface area contributed by atoms with Crippen molar-refractivity contribution in [3.05, 3.63) is 35.9 Å². The Hall–Kier alpha value is 0.363. The van der Waals surface area contributed by atoms with Crippen LogP contribution in [-0.4, -0.2) is 31.8 Å². The fourth-order valence-corrected chi connectivity index (χ4v) is 2.44. The topological polar surface area (TPSA) is 43.4 Å². The molecule has 0 amide bonds. The molecule has 1 aromatic carbocycles. The summed E-state index contributed by atoms with van der Waals surface area (Å²) in [6, 6.07) is 9.89. The Bertz CT molecular complexity index is 356. The summed E-state index contributed by atoms with van der Waals surface area (Å²) >= 11 is -3.65. The van der Waals surface area contributed by atoms with E-state index in [4.69, 9.17) is 19.4 Å². The first-order valence-corrected chi connectivity index (χ1v) is 10.6. The van der Waals surface area contributed by atoms with Crippen LogP contribution >= 0.6 is 19.4 Å². The molecule has 94 valence electrons. The van der Waals surface area contributed by atoms with E-state index >= 15 is 0 Å². The number of hydrogen-bond donors (Lipinski definition) is 0. The molecule has 0 spiro atoms. The summed E-state index contributed by atoms with van der Waals surface area (Å²) in [5.41, 5.74) is 1.12. The Morgan fingerprint density at radius 3 is 2.06 bits per heavy atom. The van der Waals surface area contributed by atoms with Gasteiger partial charge in [-0.1, -0.05) is 0 Å². The summed E-state index contributed by atoms with van der Waals surface area (Å²) < 4.78 is 22.3. The van der Waals surface area contributed by atoms with Crippen molar-refractivity contribution in [2.45, 2.75) is 0 Å². The van der Waals surface area contributed by atoms with Crippen LogP contribution in [0.2, 0.25) is 0 Å². The van der Waals surface area contributed by atoms with Gasteiger partial charge in [0.25, 0.3) is 0 Å². The van der Waals surface area contributed by atoms with E-state index in [1.165, 1.54) is 14.1 Å². The number of hydrogen-bond acceptors (Lipinski definition) is 2. The summed E-state index contributed by atoms with van der Waals surface area (Å²) in [5.74, 6) is 0. The van der Waals surface area contributed by atoms with Gasteiger partial charge in [-0.3, -0.25) is 4.21 Å². The molecule has 0 radical (unpaired) electrons. The van der Waals surface area contributed by atoms with Gasteiger partial charge in [0, 0.05) is 11.3 Å². The Kier molecular flexibility index (Phi) is 9.61. The van der Waals surface area contributed by atoms with E-state index in [-0.39, 0.29) is 0 Å². The van der Waals surface area contributed by atoms with Gasteiger partial charge in [-0.2, -0.15) is 0 Å². The van der Waals surface area contributed by atoms with E-state index in [0.29, 0.717) is 0 Å². The van der Waals surface area contributed by atoms with Crippen LogP contribution in [0.5, 0.6) is 0 Å². The molecule has 0 aliphatic heterocycles. The van der Waals surface area contributed by atoms with Crippen LogP contribution in [0.3, 0.4) is 0 Å². The third kappa shape index (κ3) is 9.58. The molecule has 16 heavy (non-hydrogen) atoms. The van der Waals surface area contributed by atoms with Gasteiger partial charge < -0.3 is 4.55 Å². The van der Waals surface area contributed by atoms with Gasteiger partial charge in [0.15, 0.2) is 0 Å². The Labute approximate surface area is 111 Å². The van der Waals surface area contributed by atoms with Crippen molar-refractivity contribution in [3.8, 4) is 0 Å². The molecule has 1 unspecified atom stereocenters. The fraction of sp³-hybridized carbons (Fsp3) is 0.222. The molecule has 0 aliphatic carbocycles. The quantitative estimate of drug-likeness (QED) is 0.591. The molecule has 0 aromatic heterocycles. The summed E-state index contributed by atoms with van der Waals surface area (Å²) in [6.07, 6.45) is 0. The molecule has 7 heteroatoms. The van der Waals surface area contributed by atoms with E-state index < -0.39 is 24.8 Å². The van der Waals surface area contributed by atoms with Gasteiger partial charge >= 0.3 is 73.4 Å². The number of rotatable bonds is 2. The van der Waals surface area contributed by atoms with Crippen molar-refractivity contribution in [2.75, 3.05) is 14.1 Å². The second-order valence-electron chi connectivity index (χ2n) is 2.75. The van der Waals surface area contributed by atoms with Gasteiger partial charge in [-0.15, -0.1) is 0 Å². The van der Waals surface area contributed by atoms with Crippen LogP contribution in [0.15, 0.2) is 30.3 Å². The van der Waals surface area contributed by atoms with E-state index in [1.54, 1.807) is 0 Å². The SMILES string of the molecule is CN(C)S(=O)[O-].[Cl][Ru]([Cl])=[CH]c1ccccc1. The van der Waals surface area contributed by atoms with E-state index in [1.807, 2.05) is 34.9 Å². The summed E-state index contributed by atoms with van der Waals surface area (Å²) in [7, 11) is 14.3. The van der Waals surface area contributed by atoms with Gasteiger partial charge in [0.05, 0.1) is 0 Å². The predicted molar refractivity (Wildman–Crippen MR) is 65.9 cm³/mol. The van der Waals surface area contributed by atoms with Crippen LogP contribution in [0.1, 0.15) is 5.56 Å². The van der Waals surface area contributed by atoms with E-state index in [2.05, 4.69) is 0 Å². The van der Waals surface area contributed by atoms with Crippen molar-refractivity contribution in [1.82, 2.24) is 4.31 Å². The van der Waals surface area contributed by atoms with Gasteiger partial charge in [0.2, 0.25) is 0 Å². The minimum absolute atomic E-state index is 1.08. The maximum absolute atomic E-state index is 9.62. The standard InChI is InChI=1S/C7H6.C2H7NO2S.2ClH.Ru/c1-7-5-3-2-4-6-7;1-3(2)6(4)5;;;/h1-6H;1-2H3,(H,4,5);2*1H;/q;;;;+2/p-3. The monoisotopic (exact) mass is 370 g/mol. The van der Waals surface area contributed by atoms with Crippen LogP contribution in [0.4, 0.5) is 0 Å². The summed E-state index contributed by atoms with van der Waals surface area (Å²) in [6.45, 7) is 0. The summed E-state index contributed by atoms with van der Waals surface area (Å²) in [4.78, 5) is 0. The van der Waals surface area contributed by atoms with Crippen LogP contribution in [0, 0.1) is 0 Å². The molecule has 0 heterocycles. The Morgan fingerprint density at radius 2 is 1.75 bits per heavy atom. The van der Waals surface area contributed by atoms with Crippen molar-refractivity contribution >= 4 is 35.3 Å². The molecule has 0 saturated heterocycles. The molecular formula is C9H12Cl2NO2RuS-. The molecule has 0 N–H and O–H groups in total. The third-order valence-corrected chi connectivity index (χ3v) is 3.76. The van der Waals surface area contributed by atoms with Crippen LogP contribution in [-0.2, 0) is 24.8 Å². The molecule has 1 atom stereocenters. The number of halogens is 2. The van der Waals surface area contributed by atoms with Gasteiger partial charge in [-0.05, 0) is 14.1 Å².